The Morgan fingerprint density at radius 1 is 0.917 bits per heavy atom. The molecular weight excluding hydrogens is 476 g/mol. The Balaban J connectivity index is 1.71. The monoisotopic (exact) mass is 520 g/mol. The summed E-state index contributed by atoms with van der Waals surface area (Å²) < 4.78 is 39.7. The summed E-state index contributed by atoms with van der Waals surface area (Å²) in [6.45, 7) is 11.1. The topological polar surface area (TPSA) is 157 Å². The molecule has 12 nitrogen and oxygen atoms in total. The van der Waals surface area contributed by atoms with Gasteiger partial charge in [0.15, 0.2) is 17.7 Å². The molecule has 2 fully saturated rings. The molecule has 1 amide bonds. The molecule has 0 unspecified atom stereocenters. The molecule has 2 aliphatic rings. The molecule has 0 aromatic rings. The summed E-state index contributed by atoms with van der Waals surface area (Å²) in [6.07, 6.45) is 0.298. The van der Waals surface area contributed by atoms with Crippen LogP contribution in [-0.2, 0) is 38.0 Å². The van der Waals surface area contributed by atoms with E-state index >= 15 is 0 Å². The number of unbranched alkanes of at least 4 members (excludes halogenated alkanes) is 1. The second-order valence-corrected chi connectivity index (χ2v) is 10.2. The number of ether oxygens (including phenoxy) is 7. The molecule has 2 saturated heterocycles. The van der Waals surface area contributed by atoms with Crippen molar-refractivity contribution in [2.24, 2.45) is 17.6 Å². The lowest BCUT2D eigenvalue weighted by Crippen LogP contribution is -2.42. The van der Waals surface area contributed by atoms with Gasteiger partial charge >= 0.3 is 12.1 Å². The van der Waals surface area contributed by atoms with E-state index in [0.29, 0.717) is 65.4 Å². The van der Waals surface area contributed by atoms with Crippen molar-refractivity contribution in [3.8, 4) is 0 Å². The Labute approximate surface area is 213 Å². The second-order valence-electron chi connectivity index (χ2n) is 10.2. The fourth-order valence-corrected chi connectivity index (χ4v) is 3.49. The lowest BCUT2D eigenvalue weighted by atomic mass is 10.1. The minimum atomic E-state index is -1.03. The van der Waals surface area contributed by atoms with Crippen molar-refractivity contribution in [2.75, 3.05) is 59.4 Å². The molecule has 12 heteroatoms. The molecule has 0 radical (unpaired) electrons. The first kappa shape index (κ1) is 30.7. The Kier molecular flexibility index (Phi) is 12.8. The third-order valence-electron chi connectivity index (χ3n) is 5.78. The zero-order valence-corrected chi connectivity index (χ0v) is 22.0. The highest BCUT2D eigenvalue weighted by Crippen LogP contribution is 2.21. The molecule has 0 aromatic heterocycles. The van der Waals surface area contributed by atoms with Crippen molar-refractivity contribution in [1.82, 2.24) is 5.32 Å². The van der Waals surface area contributed by atoms with E-state index in [9.17, 15) is 9.59 Å². The molecule has 210 valence electrons. The number of hydrogen-bond acceptors (Lipinski definition) is 10. The number of nitrogens with two attached hydrogens (primary N) is 1. The molecule has 4 N–H and O–H groups in total. The van der Waals surface area contributed by atoms with Crippen molar-refractivity contribution in [3.63, 3.8) is 0 Å². The summed E-state index contributed by atoms with van der Waals surface area (Å²) in [7, 11) is 0. The Hall–Kier alpha value is -1.54. The summed E-state index contributed by atoms with van der Waals surface area (Å²) in [5, 5.41) is 11.5. The van der Waals surface area contributed by atoms with E-state index in [1.807, 2.05) is 27.7 Å². The summed E-state index contributed by atoms with van der Waals surface area (Å²) in [5.41, 5.74) is 5.48. The number of carboxylic acid groups (broad SMARTS) is 1. The standard InChI is InChI=1S/C24H44N2O10/c1-23(2)32-11-17(12-33-23)9-30-15-19(16-31-10-18-13-34-24(3,4)35-14-18)36-22(29)26-8-6-5-7-20(25)21(27)28/h17-20H,5-16,25H2,1-4H3,(H,26,29)(H,27,28)/t20-/m0/s1. The Morgan fingerprint density at radius 2 is 1.39 bits per heavy atom. The van der Waals surface area contributed by atoms with Crippen LogP contribution < -0.4 is 11.1 Å². The molecule has 1 atom stereocenters. The molecule has 0 aromatic carbocycles. The van der Waals surface area contributed by atoms with Gasteiger partial charge in [0.25, 0.3) is 0 Å². The van der Waals surface area contributed by atoms with E-state index in [1.165, 1.54) is 0 Å². The number of rotatable bonds is 15. The number of amides is 1. The number of carboxylic acids is 1. The SMILES string of the molecule is CC1(C)OCC(COCC(COCC2COC(C)(C)OC2)OC(=O)NCCCC[C@H](N)C(=O)O)CO1. The van der Waals surface area contributed by atoms with Gasteiger partial charge in [-0.1, -0.05) is 0 Å². The molecule has 0 bridgehead atoms. The maximum absolute atomic E-state index is 12.3. The number of alkyl carbamates (subject to hydrolysis) is 1. The average Bonchev–Trinajstić information content (AvgIpc) is 2.80. The second kappa shape index (κ2) is 15.0. The maximum Gasteiger partial charge on any atom is 0.407 e. The maximum atomic E-state index is 12.3. The highest BCUT2D eigenvalue weighted by molar-refractivity contribution is 5.72. The fraction of sp³-hybridized carbons (Fsp3) is 0.917. The molecule has 0 saturated carbocycles. The predicted molar refractivity (Wildman–Crippen MR) is 128 cm³/mol. The fourth-order valence-electron chi connectivity index (χ4n) is 3.49. The summed E-state index contributed by atoms with van der Waals surface area (Å²) >= 11 is 0. The number of carbonyl (C=O) groups excluding carboxylic acids is 1. The van der Waals surface area contributed by atoms with E-state index < -0.39 is 35.8 Å². The average molecular weight is 521 g/mol. The van der Waals surface area contributed by atoms with E-state index in [0.717, 1.165) is 0 Å². The third-order valence-corrected chi connectivity index (χ3v) is 5.78. The van der Waals surface area contributed by atoms with Crippen LogP contribution in [0.25, 0.3) is 0 Å². The van der Waals surface area contributed by atoms with E-state index in [-0.39, 0.29) is 25.0 Å². The number of aliphatic carboxylic acids is 1. The Morgan fingerprint density at radius 3 is 1.83 bits per heavy atom. The minimum absolute atomic E-state index is 0.0884. The van der Waals surface area contributed by atoms with E-state index in [2.05, 4.69) is 5.32 Å². The van der Waals surface area contributed by atoms with Gasteiger partial charge in [0.2, 0.25) is 0 Å². The summed E-state index contributed by atoms with van der Waals surface area (Å²) in [6, 6.07) is -0.896. The van der Waals surface area contributed by atoms with Crippen molar-refractivity contribution < 1.29 is 47.9 Å². The van der Waals surface area contributed by atoms with Gasteiger partial charge in [-0.3, -0.25) is 4.79 Å². The van der Waals surface area contributed by atoms with E-state index in [1.54, 1.807) is 0 Å². The molecule has 2 heterocycles. The van der Waals surface area contributed by atoms with Gasteiger partial charge in [-0.05, 0) is 47.0 Å². The van der Waals surface area contributed by atoms with Crippen molar-refractivity contribution in [3.05, 3.63) is 0 Å². The number of hydrogen-bond donors (Lipinski definition) is 3. The minimum Gasteiger partial charge on any atom is -0.480 e. The van der Waals surface area contributed by atoms with Gasteiger partial charge in [0, 0.05) is 18.4 Å². The van der Waals surface area contributed by atoms with Crippen LogP contribution in [0.15, 0.2) is 0 Å². The van der Waals surface area contributed by atoms with Crippen LogP contribution in [-0.4, -0.2) is 100 Å². The van der Waals surface area contributed by atoms with E-state index in [4.69, 9.17) is 44.0 Å². The number of carbonyl (C=O) groups is 2. The molecule has 36 heavy (non-hydrogen) atoms. The largest absolute Gasteiger partial charge is 0.480 e. The quantitative estimate of drug-likeness (QED) is 0.269. The molecule has 0 spiro atoms. The Bertz CT molecular complexity index is 621. The normalized spacial score (nSPS) is 21.3. The highest BCUT2D eigenvalue weighted by atomic mass is 16.7. The van der Waals surface area contributed by atoms with Crippen LogP contribution in [0.1, 0.15) is 47.0 Å². The van der Waals surface area contributed by atoms with Crippen molar-refractivity contribution in [2.45, 2.75) is 70.7 Å². The van der Waals surface area contributed by atoms with Crippen molar-refractivity contribution in [1.29, 1.82) is 0 Å². The van der Waals surface area contributed by atoms with Gasteiger partial charge in [0.05, 0.1) is 52.9 Å². The first-order chi connectivity index (χ1) is 17.0. The van der Waals surface area contributed by atoms with Gasteiger partial charge in [-0.15, -0.1) is 0 Å². The van der Waals surface area contributed by atoms with Crippen LogP contribution in [0.4, 0.5) is 4.79 Å². The molecular formula is C24H44N2O10. The zero-order chi connectivity index (χ0) is 26.6. The van der Waals surface area contributed by atoms with Crippen LogP contribution >= 0.6 is 0 Å². The molecule has 0 aliphatic carbocycles. The highest BCUT2D eigenvalue weighted by Gasteiger charge is 2.30. The lowest BCUT2D eigenvalue weighted by Gasteiger charge is -2.35. The third kappa shape index (κ3) is 12.6. The van der Waals surface area contributed by atoms with Crippen LogP contribution in [0.2, 0.25) is 0 Å². The summed E-state index contributed by atoms with van der Waals surface area (Å²) in [4.78, 5) is 23.0. The summed E-state index contributed by atoms with van der Waals surface area (Å²) in [5.74, 6) is -2.03. The van der Waals surface area contributed by atoms with Gasteiger partial charge in [0.1, 0.15) is 6.04 Å². The van der Waals surface area contributed by atoms with Crippen LogP contribution in [0.3, 0.4) is 0 Å². The predicted octanol–water partition coefficient (Wildman–Crippen LogP) is 1.49. The first-order valence-electron chi connectivity index (χ1n) is 12.6. The van der Waals surface area contributed by atoms with Gasteiger partial charge in [-0.25, -0.2) is 4.79 Å². The van der Waals surface area contributed by atoms with Crippen LogP contribution in [0.5, 0.6) is 0 Å². The number of nitrogens with one attached hydrogen (secondary N) is 1. The molecule has 2 rings (SSSR count). The smallest absolute Gasteiger partial charge is 0.407 e. The lowest BCUT2D eigenvalue weighted by molar-refractivity contribution is -0.267. The van der Waals surface area contributed by atoms with Gasteiger partial charge < -0.3 is 49.3 Å². The van der Waals surface area contributed by atoms with Gasteiger partial charge in [-0.2, -0.15) is 0 Å². The van der Waals surface area contributed by atoms with Crippen LogP contribution in [0, 0.1) is 11.8 Å². The molecule has 2 aliphatic heterocycles. The first-order valence-corrected chi connectivity index (χ1v) is 12.6. The zero-order valence-electron chi connectivity index (χ0n) is 22.0. The van der Waals surface area contributed by atoms with Crippen molar-refractivity contribution >= 4 is 12.1 Å².